The van der Waals surface area contributed by atoms with Gasteiger partial charge in [0.25, 0.3) is 0 Å². The third-order valence-electron chi connectivity index (χ3n) is 2.05. The van der Waals surface area contributed by atoms with Gasteiger partial charge in [0, 0.05) is 5.54 Å². The summed E-state index contributed by atoms with van der Waals surface area (Å²) in [7, 11) is -2.09. The topological polar surface area (TPSA) is 55.4 Å². The van der Waals surface area contributed by atoms with E-state index in [-0.39, 0.29) is 4.90 Å². The molecule has 0 saturated heterocycles. The molecule has 0 radical (unpaired) electrons. The Morgan fingerprint density at radius 3 is 2.29 bits per heavy atom. The lowest BCUT2D eigenvalue weighted by molar-refractivity contribution is 0.400. The first-order valence-corrected chi connectivity index (χ1v) is 6.83. The van der Waals surface area contributed by atoms with Gasteiger partial charge in [-0.05, 0) is 45.4 Å². The van der Waals surface area contributed by atoms with Crippen molar-refractivity contribution in [1.82, 2.24) is 4.72 Å². The van der Waals surface area contributed by atoms with Crippen molar-refractivity contribution in [2.24, 2.45) is 0 Å². The van der Waals surface area contributed by atoms with Crippen LogP contribution in [-0.2, 0) is 10.0 Å². The van der Waals surface area contributed by atoms with E-state index in [2.05, 4.69) is 4.72 Å². The number of methoxy groups -OCH3 is 1. The molecule has 1 N–H and O–H groups in total. The predicted octanol–water partition coefficient (Wildman–Crippen LogP) is 2.08. The zero-order valence-corrected chi connectivity index (χ0v) is 11.7. The molecule has 0 spiro atoms. The fourth-order valence-corrected chi connectivity index (χ4v) is 3.03. The second kappa shape index (κ2) is 4.66. The van der Waals surface area contributed by atoms with Crippen molar-refractivity contribution in [3.05, 3.63) is 23.8 Å². The van der Waals surface area contributed by atoms with Gasteiger partial charge in [0.05, 0.1) is 7.11 Å². The predicted molar refractivity (Wildman–Crippen MR) is 67.8 cm³/mol. The number of hydrogen-bond acceptors (Lipinski definition) is 3. The molecule has 0 saturated carbocycles. The van der Waals surface area contributed by atoms with Gasteiger partial charge in [-0.1, -0.05) is 6.07 Å². The standard InChI is InChI=1S/C12H19NO3S/c1-9-6-7-11(10(8-9)16-5)17(14,15)13-12(2,3)4/h6-8,13H,1-5H3. The normalized spacial score (nSPS) is 12.5. The van der Waals surface area contributed by atoms with Crippen molar-refractivity contribution in [1.29, 1.82) is 0 Å². The summed E-state index contributed by atoms with van der Waals surface area (Å²) in [4.78, 5) is 0.167. The van der Waals surface area contributed by atoms with Crippen LogP contribution in [0.15, 0.2) is 23.1 Å². The smallest absolute Gasteiger partial charge is 0.244 e. The Hall–Kier alpha value is -1.07. The Bertz CT molecular complexity index is 501. The second-order valence-corrected chi connectivity index (χ2v) is 6.66. The fraction of sp³-hybridized carbons (Fsp3) is 0.500. The van der Waals surface area contributed by atoms with Gasteiger partial charge in [0.1, 0.15) is 10.6 Å². The van der Waals surface area contributed by atoms with Crippen molar-refractivity contribution in [2.45, 2.75) is 38.1 Å². The van der Waals surface area contributed by atoms with Crippen LogP contribution in [0.2, 0.25) is 0 Å². The van der Waals surface area contributed by atoms with E-state index in [1.54, 1.807) is 39.0 Å². The minimum Gasteiger partial charge on any atom is -0.495 e. The van der Waals surface area contributed by atoms with E-state index < -0.39 is 15.6 Å². The molecule has 0 bridgehead atoms. The third-order valence-corrected chi connectivity index (χ3v) is 3.85. The van der Waals surface area contributed by atoms with Gasteiger partial charge in [-0.2, -0.15) is 0 Å². The Morgan fingerprint density at radius 1 is 1.24 bits per heavy atom. The molecule has 1 rings (SSSR count). The highest BCUT2D eigenvalue weighted by molar-refractivity contribution is 7.89. The number of rotatable bonds is 3. The molecule has 0 aliphatic rings. The summed E-state index contributed by atoms with van der Waals surface area (Å²) in [5, 5.41) is 0. The maximum atomic E-state index is 12.1. The van der Waals surface area contributed by atoms with Gasteiger partial charge < -0.3 is 4.74 Å². The lowest BCUT2D eigenvalue weighted by atomic mass is 10.1. The van der Waals surface area contributed by atoms with Crippen molar-refractivity contribution in [3.8, 4) is 5.75 Å². The van der Waals surface area contributed by atoms with Crippen molar-refractivity contribution in [3.63, 3.8) is 0 Å². The van der Waals surface area contributed by atoms with E-state index in [0.29, 0.717) is 5.75 Å². The van der Waals surface area contributed by atoms with E-state index in [1.807, 2.05) is 6.92 Å². The molecule has 0 aromatic heterocycles. The Kier molecular flexibility index (Phi) is 3.84. The molecule has 1 aromatic carbocycles. The minimum atomic E-state index is -3.55. The summed E-state index contributed by atoms with van der Waals surface area (Å²) in [6, 6.07) is 5.01. The minimum absolute atomic E-state index is 0.167. The van der Waals surface area contributed by atoms with Crippen LogP contribution in [0.4, 0.5) is 0 Å². The van der Waals surface area contributed by atoms with Crippen LogP contribution < -0.4 is 9.46 Å². The average molecular weight is 257 g/mol. The largest absolute Gasteiger partial charge is 0.495 e. The van der Waals surface area contributed by atoms with Gasteiger partial charge >= 0.3 is 0 Å². The molecule has 0 atom stereocenters. The molecule has 17 heavy (non-hydrogen) atoms. The van der Waals surface area contributed by atoms with E-state index >= 15 is 0 Å². The molecule has 96 valence electrons. The molecule has 0 amide bonds. The number of ether oxygens (including phenoxy) is 1. The van der Waals surface area contributed by atoms with Gasteiger partial charge in [0.15, 0.2) is 0 Å². The molecular weight excluding hydrogens is 238 g/mol. The number of benzene rings is 1. The molecule has 0 aliphatic heterocycles. The highest BCUT2D eigenvalue weighted by Crippen LogP contribution is 2.25. The van der Waals surface area contributed by atoms with Gasteiger partial charge in [-0.25, -0.2) is 13.1 Å². The van der Waals surface area contributed by atoms with E-state index in [4.69, 9.17) is 4.74 Å². The molecule has 0 unspecified atom stereocenters. The summed E-state index contributed by atoms with van der Waals surface area (Å²) in [5.74, 6) is 0.363. The summed E-state index contributed by atoms with van der Waals surface area (Å²) >= 11 is 0. The van der Waals surface area contributed by atoms with Crippen molar-refractivity contribution < 1.29 is 13.2 Å². The van der Waals surface area contributed by atoms with Crippen LogP contribution in [0.3, 0.4) is 0 Å². The van der Waals surface area contributed by atoms with E-state index in [1.165, 1.54) is 7.11 Å². The number of sulfonamides is 1. The van der Waals surface area contributed by atoms with Crippen LogP contribution in [0, 0.1) is 6.92 Å². The van der Waals surface area contributed by atoms with E-state index in [0.717, 1.165) is 5.56 Å². The Morgan fingerprint density at radius 2 is 1.82 bits per heavy atom. The number of nitrogens with one attached hydrogen (secondary N) is 1. The third kappa shape index (κ3) is 3.71. The van der Waals surface area contributed by atoms with Crippen LogP contribution in [0.1, 0.15) is 26.3 Å². The SMILES string of the molecule is COc1cc(C)ccc1S(=O)(=O)NC(C)(C)C. The number of hydrogen-bond donors (Lipinski definition) is 1. The molecule has 5 heteroatoms. The molecule has 0 heterocycles. The second-order valence-electron chi connectivity index (χ2n) is 5.01. The number of aryl methyl sites for hydroxylation is 1. The van der Waals surface area contributed by atoms with Crippen LogP contribution in [0.5, 0.6) is 5.75 Å². The first-order chi connectivity index (χ1) is 7.65. The lowest BCUT2D eigenvalue weighted by Crippen LogP contribution is -2.40. The molecule has 0 fully saturated rings. The fourth-order valence-electron chi connectivity index (χ4n) is 1.45. The van der Waals surface area contributed by atoms with Crippen molar-refractivity contribution >= 4 is 10.0 Å². The molecule has 1 aromatic rings. The summed E-state index contributed by atoms with van der Waals surface area (Å²) < 4.78 is 32.0. The Balaban J connectivity index is 3.24. The Labute approximate surface area is 103 Å². The molecule has 4 nitrogen and oxygen atoms in total. The summed E-state index contributed by atoms with van der Waals surface area (Å²) in [5.41, 5.74) is 0.436. The first kappa shape index (κ1) is 14.0. The monoisotopic (exact) mass is 257 g/mol. The average Bonchev–Trinajstić information content (AvgIpc) is 2.13. The summed E-state index contributed by atoms with van der Waals surface area (Å²) in [6.45, 7) is 7.28. The highest BCUT2D eigenvalue weighted by atomic mass is 32.2. The molecule has 0 aliphatic carbocycles. The van der Waals surface area contributed by atoms with Crippen molar-refractivity contribution in [2.75, 3.05) is 7.11 Å². The zero-order chi connectivity index (χ0) is 13.3. The van der Waals surface area contributed by atoms with Gasteiger partial charge in [0.2, 0.25) is 10.0 Å². The maximum Gasteiger partial charge on any atom is 0.244 e. The first-order valence-electron chi connectivity index (χ1n) is 5.34. The van der Waals surface area contributed by atoms with Crippen LogP contribution >= 0.6 is 0 Å². The van der Waals surface area contributed by atoms with Gasteiger partial charge in [-0.3, -0.25) is 0 Å². The van der Waals surface area contributed by atoms with E-state index in [9.17, 15) is 8.42 Å². The highest BCUT2D eigenvalue weighted by Gasteiger charge is 2.24. The van der Waals surface area contributed by atoms with Crippen LogP contribution in [0.25, 0.3) is 0 Å². The molecular formula is C12H19NO3S. The maximum absolute atomic E-state index is 12.1. The van der Waals surface area contributed by atoms with Crippen LogP contribution in [-0.4, -0.2) is 21.1 Å². The quantitative estimate of drug-likeness (QED) is 0.902. The van der Waals surface area contributed by atoms with Gasteiger partial charge in [-0.15, -0.1) is 0 Å². The zero-order valence-electron chi connectivity index (χ0n) is 10.9. The lowest BCUT2D eigenvalue weighted by Gasteiger charge is -2.21. The summed E-state index contributed by atoms with van der Waals surface area (Å²) in [6.07, 6.45) is 0.